The lowest BCUT2D eigenvalue weighted by molar-refractivity contribution is -0.0447. The van der Waals surface area contributed by atoms with Crippen molar-refractivity contribution in [3.05, 3.63) is 36.2 Å². The van der Waals surface area contributed by atoms with Crippen molar-refractivity contribution in [1.29, 1.82) is 0 Å². The average Bonchev–Trinajstić information content (AvgIpc) is 3.53. The van der Waals surface area contributed by atoms with Gasteiger partial charge in [0.2, 0.25) is 5.95 Å². The van der Waals surface area contributed by atoms with Crippen LogP contribution in [0.5, 0.6) is 0 Å². The molecular formula is C24H30N6O3S2. The SMILES string of the molecule is CSc1cnc(N[C@H]2CC[C@H](CNc3nc4ccc(C(=O)N5CCO[C@H](CO)C5)cc4s3)C2)nc1. The molecule has 1 saturated carbocycles. The van der Waals surface area contributed by atoms with Crippen LogP contribution in [0.3, 0.4) is 0 Å². The molecule has 0 radical (unpaired) electrons. The van der Waals surface area contributed by atoms with Gasteiger partial charge in [-0.05, 0) is 49.6 Å². The number of thiazole rings is 1. The van der Waals surface area contributed by atoms with Gasteiger partial charge in [-0.15, -0.1) is 11.8 Å². The number of aliphatic hydroxyl groups is 1. The molecule has 9 nitrogen and oxygen atoms in total. The Hall–Kier alpha value is -2.47. The molecule has 3 N–H and O–H groups in total. The number of aromatic nitrogens is 3. The van der Waals surface area contributed by atoms with Crippen molar-refractivity contribution in [2.45, 2.75) is 36.3 Å². The maximum Gasteiger partial charge on any atom is 0.254 e. The largest absolute Gasteiger partial charge is 0.394 e. The van der Waals surface area contributed by atoms with E-state index in [0.717, 1.165) is 46.1 Å². The quantitative estimate of drug-likeness (QED) is 0.390. The molecule has 3 heterocycles. The Morgan fingerprint density at radius 3 is 2.97 bits per heavy atom. The van der Waals surface area contributed by atoms with Crippen molar-refractivity contribution in [2.75, 3.05) is 49.7 Å². The highest BCUT2D eigenvalue weighted by Crippen LogP contribution is 2.31. The zero-order valence-corrected chi connectivity index (χ0v) is 21.3. The molecule has 0 bridgehead atoms. The number of carbonyl (C=O) groups excluding carboxylic acids is 1. The second kappa shape index (κ2) is 11.1. The average molecular weight is 515 g/mol. The Labute approximate surface area is 212 Å². The van der Waals surface area contributed by atoms with Gasteiger partial charge in [0, 0.05) is 48.5 Å². The summed E-state index contributed by atoms with van der Waals surface area (Å²) in [5, 5.41) is 17.2. The predicted octanol–water partition coefficient (Wildman–Crippen LogP) is 3.33. The van der Waals surface area contributed by atoms with Gasteiger partial charge in [0.15, 0.2) is 5.13 Å². The van der Waals surface area contributed by atoms with Gasteiger partial charge in [-0.3, -0.25) is 4.79 Å². The Balaban J connectivity index is 1.15. The maximum absolute atomic E-state index is 12.9. The number of carbonyl (C=O) groups is 1. The van der Waals surface area contributed by atoms with E-state index in [9.17, 15) is 9.90 Å². The van der Waals surface area contributed by atoms with Crippen LogP contribution in [-0.4, -0.2) is 82.1 Å². The van der Waals surface area contributed by atoms with E-state index >= 15 is 0 Å². The summed E-state index contributed by atoms with van der Waals surface area (Å²) >= 11 is 3.21. The molecule has 2 aliphatic rings. The van der Waals surface area contributed by atoms with Crippen LogP contribution >= 0.6 is 23.1 Å². The van der Waals surface area contributed by atoms with Crippen molar-refractivity contribution >= 4 is 50.3 Å². The first-order chi connectivity index (χ1) is 17.1. The number of amides is 1. The van der Waals surface area contributed by atoms with Crippen LogP contribution in [0, 0.1) is 5.92 Å². The minimum Gasteiger partial charge on any atom is -0.394 e. The lowest BCUT2D eigenvalue weighted by Gasteiger charge is -2.32. The second-order valence-corrected chi connectivity index (χ2v) is 10.9. The molecule has 1 aliphatic heterocycles. The molecule has 1 aromatic carbocycles. The number of hydrogen-bond acceptors (Lipinski definition) is 10. The number of rotatable bonds is 8. The predicted molar refractivity (Wildman–Crippen MR) is 139 cm³/mol. The maximum atomic E-state index is 12.9. The van der Waals surface area contributed by atoms with Crippen LogP contribution < -0.4 is 10.6 Å². The smallest absolute Gasteiger partial charge is 0.254 e. The summed E-state index contributed by atoms with van der Waals surface area (Å²) in [4.78, 5) is 29.3. The third-order valence-electron chi connectivity index (χ3n) is 6.55. The molecule has 1 aliphatic carbocycles. The van der Waals surface area contributed by atoms with Crippen molar-refractivity contribution in [3.63, 3.8) is 0 Å². The Kier molecular flexibility index (Phi) is 7.66. The van der Waals surface area contributed by atoms with Gasteiger partial charge in [0.1, 0.15) is 0 Å². The summed E-state index contributed by atoms with van der Waals surface area (Å²) in [7, 11) is 0. The fourth-order valence-electron chi connectivity index (χ4n) is 4.63. The topological polar surface area (TPSA) is 112 Å². The number of thioether (sulfide) groups is 1. The molecule has 186 valence electrons. The number of nitrogens with zero attached hydrogens (tertiary/aromatic N) is 4. The number of ether oxygens (including phenoxy) is 1. The highest BCUT2D eigenvalue weighted by Gasteiger charge is 2.26. The Morgan fingerprint density at radius 1 is 1.31 bits per heavy atom. The van der Waals surface area contributed by atoms with Crippen LogP contribution in [0.4, 0.5) is 11.1 Å². The molecule has 2 aromatic heterocycles. The monoisotopic (exact) mass is 514 g/mol. The Bertz CT molecular complexity index is 1160. The van der Waals surface area contributed by atoms with Crippen LogP contribution in [0.25, 0.3) is 10.2 Å². The lowest BCUT2D eigenvalue weighted by Crippen LogP contribution is -2.46. The summed E-state index contributed by atoms with van der Waals surface area (Å²) in [6, 6.07) is 6.04. The summed E-state index contributed by atoms with van der Waals surface area (Å²) in [6.45, 7) is 2.18. The molecule has 0 spiro atoms. The van der Waals surface area contributed by atoms with Crippen LogP contribution in [0.1, 0.15) is 29.6 Å². The highest BCUT2D eigenvalue weighted by molar-refractivity contribution is 7.98. The molecule has 35 heavy (non-hydrogen) atoms. The molecule has 2 fully saturated rings. The number of morpholine rings is 1. The van der Waals surface area contributed by atoms with Crippen molar-refractivity contribution in [2.24, 2.45) is 5.92 Å². The summed E-state index contributed by atoms with van der Waals surface area (Å²) in [5.74, 6) is 1.22. The van der Waals surface area contributed by atoms with E-state index in [1.165, 1.54) is 0 Å². The van der Waals surface area contributed by atoms with Crippen molar-refractivity contribution in [1.82, 2.24) is 19.9 Å². The minimum absolute atomic E-state index is 0.0341. The van der Waals surface area contributed by atoms with Crippen LogP contribution in [0.15, 0.2) is 35.5 Å². The van der Waals surface area contributed by atoms with Crippen LogP contribution in [-0.2, 0) is 4.74 Å². The van der Waals surface area contributed by atoms with E-state index < -0.39 is 0 Å². The number of anilines is 2. The van der Waals surface area contributed by atoms with Gasteiger partial charge in [0.25, 0.3) is 5.91 Å². The van der Waals surface area contributed by atoms with E-state index in [-0.39, 0.29) is 18.6 Å². The highest BCUT2D eigenvalue weighted by atomic mass is 32.2. The summed E-state index contributed by atoms with van der Waals surface area (Å²) in [6.07, 6.45) is 8.73. The fraction of sp³-hybridized carbons (Fsp3) is 0.500. The van der Waals surface area contributed by atoms with Gasteiger partial charge < -0.3 is 25.4 Å². The second-order valence-electron chi connectivity index (χ2n) is 8.98. The van der Waals surface area contributed by atoms with Gasteiger partial charge in [-0.25, -0.2) is 15.0 Å². The van der Waals surface area contributed by atoms with Gasteiger partial charge >= 0.3 is 0 Å². The molecule has 1 amide bonds. The zero-order valence-electron chi connectivity index (χ0n) is 19.6. The lowest BCUT2D eigenvalue weighted by atomic mass is 10.1. The first kappa shape index (κ1) is 24.2. The number of nitrogens with one attached hydrogen (secondary N) is 2. The van der Waals surface area contributed by atoms with Crippen molar-refractivity contribution < 1.29 is 14.6 Å². The first-order valence-corrected chi connectivity index (χ1v) is 13.9. The van der Waals surface area contributed by atoms with Crippen molar-refractivity contribution in [3.8, 4) is 0 Å². The van der Waals surface area contributed by atoms with E-state index in [0.29, 0.717) is 43.2 Å². The van der Waals surface area contributed by atoms with E-state index in [2.05, 4.69) is 20.6 Å². The van der Waals surface area contributed by atoms with E-state index in [1.807, 2.05) is 36.8 Å². The molecule has 3 atom stereocenters. The molecule has 0 unspecified atom stereocenters. The number of aliphatic hydroxyl groups excluding tert-OH is 1. The molecule has 3 aromatic rings. The van der Waals surface area contributed by atoms with Gasteiger partial charge in [-0.2, -0.15) is 0 Å². The molecule has 11 heteroatoms. The molecule has 1 saturated heterocycles. The third-order valence-corrected chi connectivity index (χ3v) is 8.20. The minimum atomic E-state index is -0.311. The number of hydrogen-bond donors (Lipinski definition) is 3. The third kappa shape index (κ3) is 5.85. The van der Waals surface area contributed by atoms with E-state index in [1.54, 1.807) is 28.0 Å². The Morgan fingerprint density at radius 2 is 2.17 bits per heavy atom. The number of benzene rings is 1. The fourth-order valence-corrected chi connectivity index (χ4v) is 5.86. The first-order valence-electron chi connectivity index (χ1n) is 11.9. The van der Waals surface area contributed by atoms with E-state index in [4.69, 9.17) is 9.72 Å². The summed E-state index contributed by atoms with van der Waals surface area (Å²) in [5.41, 5.74) is 1.53. The van der Waals surface area contributed by atoms with Gasteiger partial charge in [0.05, 0.1) is 29.5 Å². The molecular weight excluding hydrogens is 484 g/mol. The van der Waals surface area contributed by atoms with Gasteiger partial charge in [-0.1, -0.05) is 11.3 Å². The number of fused-ring (bicyclic) bond motifs is 1. The molecule has 5 rings (SSSR count). The standard InChI is InChI=1S/C24H30N6O3S2/c1-34-19-11-25-23(26-12-19)28-17-4-2-15(8-17)10-27-24-29-20-5-3-16(9-21(20)35-24)22(32)30-6-7-33-18(13-30)14-31/h3,5,9,11-12,15,17-18,31H,2,4,6-8,10,13-14H2,1H3,(H,27,29)(H,25,26,28)/t15-,17-,18-/m0/s1. The zero-order chi connectivity index (χ0) is 24.2. The normalized spacial score (nSPS) is 22.5. The summed E-state index contributed by atoms with van der Waals surface area (Å²) < 4.78 is 6.45. The van der Waals surface area contributed by atoms with Crippen LogP contribution in [0.2, 0.25) is 0 Å².